The molecule has 4 aliphatic heterocycles. The molecule has 4 unspecified atom stereocenters. The monoisotopic (exact) mass is 420 g/mol. The smallest absolute Gasteiger partial charge is 0.337 e. The van der Waals surface area contributed by atoms with Crippen molar-refractivity contribution in [1.29, 1.82) is 0 Å². The van der Waals surface area contributed by atoms with Crippen LogP contribution in [-0.4, -0.2) is 76.7 Å². The van der Waals surface area contributed by atoms with Crippen molar-refractivity contribution in [2.75, 3.05) is 28.4 Å². The minimum Gasteiger partial charge on any atom is -0.466 e. The zero-order valence-corrected chi connectivity index (χ0v) is 16.7. The standard InChI is InChI=1S/C20H20O10/c1-25-17(21)9-10(18(22)26-2)14-6-5(13(9)29-14)7-8(6)16-12(20(24)28-4)11(15(7)30-16)19(23)27-3/h5-8,13-16H,1-4H3/t5?,6?,7?,8?,13-,14+,15-,16+. The van der Waals surface area contributed by atoms with Crippen LogP contribution in [0.3, 0.4) is 0 Å². The highest BCUT2D eigenvalue weighted by molar-refractivity contribution is 6.05. The molecule has 4 heterocycles. The molecule has 3 fully saturated rings. The molecule has 4 bridgehead atoms. The van der Waals surface area contributed by atoms with E-state index in [9.17, 15) is 19.2 Å². The molecule has 0 radical (unpaired) electrons. The number of hydrogen-bond donors (Lipinski definition) is 0. The second-order valence-corrected chi connectivity index (χ2v) is 7.88. The minimum absolute atomic E-state index is 0.156. The summed E-state index contributed by atoms with van der Waals surface area (Å²) in [5, 5.41) is 0. The summed E-state index contributed by atoms with van der Waals surface area (Å²) in [4.78, 5) is 49.7. The Balaban J connectivity index is 1.56. The molecular weight excluding hydrogens is 400 g/mol. The van der Waals surface area contributed by atoms with Crippen LogP contribution >= 0.6 is 0 Å². The number of methoxy groups -OCH3 is 4. The van der Waals surface area contributed by atoms with Crippen molar-refractivity contribution in [3.63, 3.8) is 0 Å². The first-order valence-electron chi connectivity index (χ1n) is 9.53. The fourth-order valence-electron chi connectivity index (χ4n) is 6.17. The molecule has 10 heteroatoms. The van der Waals surface area contributed by atoms with Crippen molar-refractivity contribution in [2.24, 2.45) is 23.7 Å². The molecule has 5 aliphatic rings. The third-order valence-electron chi connectivity index (χ3n) is 7.10. The predicted octanol–water partition coefficient (Wildman–Crippen LogP) is -0.688. The van der Waals surface area contributed by atoms with Crippen LogP contribution in [0.1, 0.15) is 0 Å². The van der Waals surface area contributed by atoms with E-state index in [-0.39, 0.29) is 46.0 Å². The molecule has 1 aliphatic carbocycles. The lowest BCUT2D eigenvalue weighted by molar-refractivity contribution is -0.142. The Morgan fingerprint density at radius 2 is 0.700 bits per heavy atom. The molecule has 5 rings (SSSR count). The van der Waals surface area contributed by atoms with E-state index in [1.54, 1.807) is 0 Å². The summed E-state index contributed by atoms with van der Waals surface area (Å²) < 4.78 is 31.6. The highest BCUT2D eigenvalue weighted by atomic mass is 16.6. The van der Waals surface area contributed by atoms with Crippen molar-refractivity contribution in [1.82, 2.24) is 0 Å². The van der Waals surface area contributed by atoms with Gasteiger partial charge in [-0.05, 0) is 0 Å². The Morgan fingerprint density at radius 3 is 0.867 bits per heavy atom. The van der Waals surface area contributed by atoms with Gasteiger partial charge in [0.05, 0.1) is 75.1 Å². The van der Waals surface area contributed by atoms with Crippen LogP contribution < -0.4 is 0 Å². The van der Waals surface area contributed by atoms with Gasteiger partial charge in [0.15, 0.2) is 0 Å². The first-order valence-corrected chi connectivity index (χ1v) is 9.53. The average molecular weight is 420 g/mol. The van der Waals surface area contributed by atoms with Crippen LogP contribution in [0, 0.1) is 23.7 Å². The third-order valence-corrected chi connectivity index (χ3v) is 7.10. The van der Waals surface area contributed by atoms with Gasteiger partial charge in [0.1, 0.15) is 0 Å². The molecule has 2 saturated heterocycles. The molecule has 0 aromatic carbocycles. The molecule has 0 aromatic rings. The molecule has 8 atom stereocenters. The van der Waals surface area contributed by atoms with Crippen LogP contribution in [0.4, 0.5) is 0 Å². The van der Waals surface area contributed by atoms with Gasteiger partial charge in [0.2, 0.25) is 0 Å². The van der Waals surface area contributed by atoms with Crippen molar-refractivity contribution >= 4 is 23.9 Å². The molecular formula is C20H20O10. The Labute approximate surface area is 171 Å². The quantitative estimate of drug-likeness (QED) is 0.426. The van der Waals surface area contributed by atoms with Crippen LogP contribution in [0.5, 0.6) is 0 Å². The first-order chi connectivity index (χ1) is 14.4. The summed E-state index contributed by atoms with van der Waals surface area (Å²) in [6.45, 7) is 0. The van der Waals surface area contributed by atoms with Crippen molar-refractivity contribution in [3.05, 3.63) is 22.3 Å². The van der Waals surface area contributed by atoms with Gasteiger partial charge >= 0.3 is 23.9 Å². The molecule has 1 saturated carbocycles. The van der Waals surface area contributed by atoms with Gasteiger partial charge in [-0.1, -0.05) is 0 Å². The van der Waals surface area contributed by atoms with E-state index in [1.165, 1.54) is 28.4 Å². The predicted molar refractivity (Wildman–Crippen MR) is 93.4 cm³/mol. The van der Waals surface area contributed by atoms with Gasteiger partial charge in [-0.3, -0.25) is 0 Å². The van der Waals surface area contributed by atoms with E-state index in [4.69, 9.17) is 28.4 Å². The van der Waals surface area contributed by atoms with Gasteiger partial charge in [0, 0.05) is 23.7 Å². The van der Waals surface area contributed by atoms with Crippen molar-refractivity contribution in [3.8, 4) is 0 Å². The van der Waals surface area contributed by atoms with Crippen LogP contribution in [-0.2, 0) is 47.6 Å². The summed E-state index contributed by atoms with van der Waals surface area (Å²) in [6.07, 6.45) is -2.64. The maximum Gasteiger partial charge on any atom is 0.337 e. The summed E-state index contributed by atoms with van der Waals surface area (Å²) in [7, 11) is 4.94. The lowest BCUT2D eigenvalue weighted by Gasteiger charge is -2.52. The summed E-state index contributed by atoms with van der Waals surface area (Å²) in [6, 6.07) is 0. The number of carbonyl (C=O) groups excluding carboxylic acids is 4. The third kappa shape index (κ3) is 2.05. The number of esters is 4. The second-order valence-electron chi connectivity index (χ2n) is 7.88. The van der Waals surface area contributed by atoms with Crippen molar-refractivity contribution < 1.29 is 47.6 Å². The van der Waals surface area contributed by atoms with E-state index in [0.29, 0.717) is 0 Å². The number of fused-ring (bicyclic) bond motifs is 12. The fraction of sp³-hybridized carbons (Fsp3) is 0.600. The molecule has 0 amide bonds. The number of hydrogen-bond acceptors (Lipinski definition) is 10. The maximum absolute atomic E-state index is 12.4. The molecule has 160 valence electrons. The molecule has 30 heavy (non-hydrogen) atoms. The van der Waals surface area contributed by atoms with E-state index in [2.05, 4.69) is 0 Å². The Morgan fingerprint density at radius 1 is 0.500 bits per heavy atom. The second kappa shape index (κ2) is 6.39. The lowest BCUT2D eigenvalue weighted by Crippen LogP contribution is -2.59. The largest absolute Gasteiger partial charge is 0.466 e. The zero-order valence-electron chi connectivity index (χ0n) is 16.7. The van der Waals surface area contributed by atoms with Crippen LogP contribution in [0.15, 0.2) is 22.3 Å². The molecule has 0 N–H and O–H groups in total. The van der Waals surface area contributed by atoms with Crippen molar-refractivity contribution in [2.45, 2.75) is 24.4 Å². The first kappa shape index (κ1) is 19.3. The highest BCUT2D eigenvalue weighted by Crippen LogP contribution is 2.70. The number of rotatable bonds is 4. The van der Waals surface area contributed by atoms with Gasteiger partial charge in [0.25, 0.3) is 0 Å². The van der Waals surface area contributed by atoms with Crippen LogP contribution in [0.25, 0.3) is 0 Å². The molecule has 10 nitrogen and oxygen atoms in total. The Bertz CT molecular complexity index is 789. The maximum atomic E-state index is 12.4. The SMILES string of the molecule is COC(=O)C1=C(C(=O)OC)[C@@H]2O[C@H]1C1C3C(C12)[C@H]1O[C@@H]3C(C(=O)OC)=C1C(=O)OC. The van der Waals surface area contributed by atoms with Gasteiger partial charge in [-0.25, -0.2) is 19.2 Å². The average Bonchev–Trinajstić information content (AvgIpc) is 3.46. The van der Waals surface area contributed by atoms with E-state index < -0.39 is 48.3 Å². The number of carbonyl (C=O) groups is 4. The zero-order chi connectivity index (χ0) is 21.5. The van der Waals surface area contributed by atoms with E-state index in [0.717, 1.165) is 0 Å². The molecule has 0 spiro atoms. The topological polar surface area (TPSA) is 124 Å². The summed E-state index contributed by atoms with van der Waals surface area (Å²) in [5.74, 6) is -3.21. The van der Waals surface area contributed by atoms with Gasteiger partial charge < -0.3 is 28.4 Å². The van der Waals surface area contributed by atoms with Crippen LogP contribution in [0.2, 0.25) is 0 Å². The Kier molecular flexibility index (Phi) is 4.10. The normalized spacial score (nSPS) is 39.3. The summed E-state index contributed by atoms with van der Waals surface area (Å²) in [5.41, 5.74) is 0.643. The fourth-order valence-corrected chi connectivity index (χ4v) is 6.17. The highest BCUT2D eigenvalue weighted by Gasteiger charge is 2.77. The molecule has 0 aromatic heterocycles. The van der Waals surface area contributed by atoms with Gasteiger partial charge in [-0.2, -0.15) is 0 Å². The lowest BCUT2D eigenvalue weighted by atomic mass is 9.47. The van der Waals surface area contributed by atoms with Gasteiger partial charge in [-0.15, -0.1) is 0 Å². The summed E-state index contributed by atoms with van der Waals surface area (Å²) >= 11 is 0. The van der Waals surface area contributed by atoms with E-state index >= 15 is 0 Å². The minimum atomic E-state index is -0.661. The Hall–Kier alpha value is -2.72. The van der Waals surface area contributed by atoms with E-state index in [1.807, 2.05) is 0 Å². The number of ether oxygens (including phenoxy) is 6.